The third-order valence-electron chi connectivity index (χ3n) is 3.99. The summed E-state index contributed by atoms with van der Waals surface area (Å²) in [5.41, 5.74) is 2.71. The highest BCUT2D eigenvalue weighted by Crippen LogP contribution is 2.22. The Hall–Kier alpha value is -3.10. The molecule has 0 fully saturated rings. The van der Waals surface area contributed by atoms with Crippen LogP contribution in [0.2, 0.25) is 0 Å². The number of halogens is 2. The molecule has 2 N–H and O–H groups in total. The van der Waals surface area contributed by atoms with Crippen molar-refractivity contribution in [2.45, 2.75) is 46.6 Å². The maximum atomic E-state index is 12.6. The minimum Gasteiger partial charge on any atom is -0.471 e. The number of nitrogens with zero attached hydrogens (tertiary/aromatic N) is 2. The Morgan fingerprint density at radius 2 is 1.97 bits per heavy atom. The lowest BCUT2D eigenvalue weighted by Crippen LogP contribution is -2.27. The van der Waals surface area contributed by atoms with E-state index in [-0.39, 0.29) is 17.8 Å². The first-order valence-electron chi connectivity index (χ1n) is 9.52. The minimum absolute atomic E-state index is 0.198. The maximum Gasteiger partial charge on any atom is 0.272 e. The van der Waals surface area contributed by atoms with E-state index in [0.29, 0.717) is 23.4 Å². The Morgan fingerprint density at radius 3 is 2.53 bits per heavy atom. The van der Waals surface area contributed by atoms with Crippen molar-refractivity contribution in [1.82, 2.24) is 15.3 Å². The summed E-state index contributed by atoms with van der Waals surface area (Å²) >= 11 is 0. The van der Waals surface area contributed by atoms with Gasteiger partial charge >= 0.3 is 0 Å². The van der Waals surface area contributed by atoms with Crippen molar-refractivity contribution >= 4 is 18.0 Å². The largest absolute Gasteiger partial charge is 0.471 e. The Morgan fingerprint density at radius 1 is 1.30 bits per heavy atom. The molecular weight excluding hydrogens is 394 g/mol. The number of amides is 1. The normalized spacial score (nSPS) is 11.2. The highest BCUT2D eigenvalue weighted by molar-refractivity contribution is 5.95. The summed E-state index contributed by atoms with van der Waals surface area (Å²) in [7, 11) is 1.74. The standard InChI is InChI=1S/C19H24F2N4O2.C2H4O/c1-5-13-7-15(9-23-19(13)27-10-16(20)21)12(3)25-18(26)14-6-11(2)24-17(8-14)22-4;1-2-3/h6-9,12,16H,5,10H2,1-4H3,(H,22,24)(H,25,26);2H,1H3. The van der Waals surface area contributed by atoms with Crippen LogP contribution in [0, 0.1) is 6.92 Å². The van der Waals surface area contributed by atoms with E-state index in [9.17, 15) is 13.6 Å². The molecule has 0 aliphatic heterocycles. The number of ether oxygens (including phenoxy) is 1. The molecule has 0 saturated carbocycles. The maximum absolute atomic E-state index is 12.6. The second-order valence-corrected chi connectivity index (χ2v) is 6.35. The van der Waals surface area contributed by atoms with Crippen LogP contribution in [0.3, 0.4) is 0 Å². The van der Waals surface area contributed by atoms with Crippen molar-refractivity contribution in [3.63, 3.8) is 0 Å². The number of aldehydes is 1. The summed E-state index contributed by atoms with van der Waals surface area (Å²) in [5.74, 6) is 0.576. The predicted molar refractivity (Wildman–Crippen MR) is 111 cm³/mol. The molecule has 0 aliphatic carbocycles. The first-order valence-corrected chi connectivity index (χ1v) is 9.52. The van der Waals surface area contributed by atoms with Crippen molar-refractivity contribution < 1.29 is 23.1 Å². The average Bonchev–Trinajstić information content (AvgIpc) is 2.71. The molecule has 0 bridgehead atoms. The molecule has 1 atom stereocenters. The molecule has 0 aromatic carbocycles. The van der Waals surface area contributed by atoms with Crippen molar-refractivity contribution in [3.8, 4) is 5.88 Å². The number of nitrogens with one attached hydrogen (secondary N) is 2. The van der Waals surface area contributed by atoms with Gasteiger partial charge in [0.2, 0.25) is 5.88 Å². The van der Waals surface area contributed by atoms with Gasteiger partial charge in [-0.05, 0) is 51.0 Å². The molecule has 0 aliphatic rings. The van der Waals surface area contributed by atoms with Crippen molar-refractivity contribution in [3.05, 3.63) is 46.8 Å². The molecule has 7 nitrogen and oxygen atoms in total. The van der Waals surface area contributed by atoms with Gasteiger partial charge in [0.15, 0.2) is 6.61 Å². The van der Waals surface area contributed by atoms with Gasteiger partial charge in [0.1, 0.15) is 12.1 Å². The second kappa shape index (κ2) is 12.5. The van der Waals surface area contributed by atoms with Crippen molar-refractivity contribution in [2.24, 2.45) is 0 Å². The van der Waals surface area contributed by atoms with Gasteiger partial charge in [-0.1, -0.05) is 6.92 Å². The second-order valence-electron chi connectivity index (χ2n) is 6.35. The summed E-state index contributed by atoms with van der Waals surface area (Å²) in [4.78, 5) is 29.8. The molecule has 164 valence electrons. The highest BCUT2D eigenvalue weighted by atomic mass is 19.3. The van der Waals surface area contributed by atoms with E-state index < -0.39 is 13.0 Å². The predicted octanol–water partition coefficient (Wildman–Crippen LogP) is 3.73. The summed E-state index contributed by atoms with van der Waals surface area (Å²) in [6.07, 6.45) is 0.303. The van der Waals surface area contributed by atoms with Crippen LogP contribution in [0.25, 0.3) is 0 Å². The number of hydrogen-bond acceptors (Lipinski definition) is 6. The number of carbonyl (C=O) groups is 2. The number of pyridine rings is 2. The van der Waals surface area contributed by atoms with Crippen molar-refractivity contribution in [1.29, 1.82) is 0 Å². The number of rotatable bonds is 8. The van der Waals surface area contributed by atoms with E-state index in [1.54, 1.807) is 19.2 Å². The van der Waals surface area contributed by atoms with E-state index in [4.69, 9.17) is 9.53 Å². The van der Waals surface area contributed by atoms with Crippen LogP contribution in [-0.4, -0.2) is 42.2 Å². The van der Waals surface area contributed by atoms with Gasteiger partial charge in [-0.25, -0.2) is 18.7 Å². The van der Waals surface area contributed by atoms with E-state index in [1.807, 2.05) is 26.8 Å². The molecule has 2 heterocycles. The topological polar surface area (TPSA) is 93.2 Å². The number of anilines is 1. The van der Waals surface area contributed by atoms with Crippen LogP contribution < -0.4 is 15.4 Å². The fourth-order valence-electron chi connectivity index (χ4n) is 2.57. The lowest BCUT2D eigenvalue weighted by Gasteiger charge is -2.17. The van der Waals surface area contributed by atoms with Gasteiger partial charge in [-0.2, -0.15) is 0 Å². The SMILES string of the molecule is CC=O.CCc1cc(C(C)NC(=O)c2cc(C)nc(NC)c2)cnc1OCC(F)F. The Kier molecular flexibility index (Phi) is 10.4. The number of aryl methyl sites for hydroxylation is 2. The van der Waals surface area contributed by atoms with E-state index in [0.717, 1.165) is 17.5 Å². The summed E-state index contributed by atoms with van der Waals surface area (Å²) in [6.45, 7) is 6.29. The molecule has 30 heavy (non-hydrogen) atoms. The van der Waals surface area contributed by atoms with E-state index in [2.05, 4.69) is 20.6 Å². The van der Waals surface area contributed by atoms with Gasteiger partial charge in [-0.15, -0.1) is 0 Å². The molecule has 9 heteroatoms. The third-order valence-corrected chi connectivity index (χ3v) is 3.99. The molecule has 2 aromatic heterocycles. The summed E-state index contributed by atoms with van der Waals surface area (Å²) in [6, 6.07) is 4.88. The summed E-state index contributed by atoms with van der Waals surface area (Å²) < 4.78 is 29.7. The smallest absolute Gasteiger partial charge is 0.272 e. The molecule has 0 radical (unpaired) electrons. The molecule has 1 amide bonds. The van der Waals surface area contributed by atoms with Crippen LogP contribution in [0.4, 0.5) is 14.6 Å². The first kappa shape index (κ1) is 24.9. The Labute approximate surface area is 175 Å². The molecular formula is C21H28F2N4O3. The van der Waals surface area contributed by atoms with Gasteiger partial charge in [-0.3, -0.25) is 4.79 Å². The Balaban J connectivity index is 0.00000141. The van der Waals surface area contributed by atoms with Crippen LogP contribution >= 0.6 is 0 Å². The number of aromatic nitrogens is 2. The number of hydrogen-bond donors (Lipinski definition) is 2. The minimum atomic E-state index is -2.55. The lowest BCUT2D eigenvalue weighted by atomic mass is 10.1. The zero-order chi connectivity index (χ0) is 22.7. The molecule has 2 rings (SSSR count). The number of alkyl halides is 2. The van der Waals surface area contributed by atoms with E-state index >= 15 is 0 Å². The molecule has 2 aromatic rings. The van der Waals surface area contributed by atoms with Gasteiger partial charge in [0, 0.05) is 30.1 Å². The number of carbonyl (C=O) groups excluding carboxylic acids is 2. The van der Waals surface area contributed by atoms with Crippen LogP contribution in [-0.2, 0) is 11.2 Å². The fraction of sp³-hybridized carbons (Fsp3) is 0.429. The first-order chi connectivity index (χ1) is 14.2. The lowest BCUT2D eigenvalue weighted by molar-refractivity contribution is -0.106. The van der Waals surface area contributed by atoms with E-state index in [1.165, 1.54) is 13.1 Å². The van der Waals surface area contributed by atoms with Gasteiger partial charge < -0.3 is 20.2 Å². The molecule has 1 unspecified atom stereocenters. The van der Waals surface area contributed by atoms with Gasteiger partial charge in [0.25, 0.3) is 12.3 Å². The molecule has 0 spiro atoms. The average molecular weight is 422 g/mol. The zero-order valence-electron chi connectivity index (χ0n) is 17.8. The molecule has 0 saturated heterocycles. The third kappa shape index (κ3) is 7.73. The Bertz CT molecular complexity index is 847. The summed E-state index contributed by atoms with van der Waals surface area (Å²) in [5, 5.41) is 5.84. The zero-order valence-corrected chi connectivity index (χ0v) is 17.8. The monoisotopic (exact) mass is 422 g/mol. The van der Waals surface area contributed by atoms with Gasteiger partial charge in [0.05, 0.1) is 6.04 Å². The van der Waals surface area contributed by atoms with Crippen LogP contribution in [0.1, 0.15) is 54.0 Å². The fourth-order valence-corrected chi connectivity index (χ4v) is 2.57. The quantitative estimate of drug-likeness (QED) is 0.630. The van der Waals surface area contributed by atoms with Crippen LogP contribution in [0.5, 0.6) is 5.88 Å². The highest BCUT2D eigenvalue weighted by Gasteiger charge is 2.16. The van der Waals surface area contributed by atoms with Crippen molar-refractivity contribution in [2.75, 3.05) is 19.0 Å². The van der Waals surface area contributed by atoms with Crippen LogP contribution in [0.15, 0.2) is 24.4 Å².